The lowest BCUT2D eigenvalue weighted by Crippen LogP contribution is -2.32. The van der Waals surface area contributed by atoms with Crippen LogP contribution in [0.5, 0.6) is 0 Å². The minimum atomic E-state index is -3.70. The molecule has 0 spiro atoms. The van der Waals surface area contributed by atoms with E-state index < -0.39 is 10.0 Å². The second-order valence-electron chi connectivity index (χ2n) is 5.89. The third kappa shape index (κ3) is 4.23. The van der Waals surface area contributed by atoms with Crippen molar-refractivity contribution in [1.29, 1.82) is 0 Å². The summed E-state index contributed by atoms with van der Waals surface area (Å²) in [4.78, 5) is 12.1. The Hall–Kier alpha value is -1.15. The molecule has 0 unspecified atom stereocenters. The molecule has 0 bridgehead atoms. The van der Waals surface area contributed by atoms with Crippen LogP contribution >= 0.6 is 11.6 Å². The lowest BCUT2D eigenvalue weighted by atomic mass is 10.2. The zero-order chi connectivity index (χ0) is 16.4. The number of ether oxygens (including phenoxy) is 1. The lowest BCUT2D eigenvalue weighted by molar-refractivity contribution is 0.0857. The van der Waals surface area contributed by atoms with E-state index in [0.29, 0.717) is 6.54 Å². The van der Waals surface area contributed by atoms with Gasteiger partial charge in [0.2, 0.25) is 10.0 Å². The molecule has 2 aliphatic rings. The number of hydrogen-bond donors (Lipinski definition) is 2. The van der Waals surface area contributed by atoms with Gasteiger partial charge in [0.15, 0.2) is 0 Å². The van der Waals surface area contributed by atoms with E-state index in [1.165, 1.54) is 18.2 Å². The molecule has 6 nitrogen and oxygen atoms in total. The minimum Gasteiger partial charge on any atom is -0.376 e. The molecule has 1 atom stereocenters. The average Bonchev–Trinajstić information content (AvgIpc) is 3.15. The van der Waals surface area contributed by atoms with Crippen LogP contribution in [-0.2, 0) is 14.8 Å². The molecule has 1 aromatic carbocycles. The summed E-state index contributed by atoms with van der Waals surface area (Å²) in [6.07, 6.45) is 3.62. The molecular formula is C15H19ClN2O4S. The monoisotopic (exact) mass is 358 g/mol. The first-order valence-electron chi connectivity index (χ1n) is 7.67. The summed E-state index contributed by atoms with van der Waals surface area (Å²) < 4.78 is 32.6. The van der Waals surface area contributed by atoms with Gasteiger partial charge < -0.3 is 10.1 Å². The highest BCUT2D eigenvalue weighted by Gasteiger charge is 2.29. The maximum absolute atomic E-state index is 12.3. The fraction of sp³-hybridized carbons (Fsp3) is 0.533. The minimum absolute atomic E-state index is 0.0203. The molecule has 1 aliphatic carbocycles. The van der Waals surface area contributed by atoms with Crippen LogP contribution < -0.4 is 10.0 Å². The topological polar surface area (TPSA) is 84.5 Å². The molecule has 0 aromatic heterocycles. The Kier molecular flexibility index (Phi) is 4.91. The number of sulfonamides is 1. The molecule has 1 aromatic rings. The second-order valence-corrected chi connectivity index (χ2v) is 7.98. The molecule has 2 fully saturated rings. The average molecular weight is 359 g/mol. The van der Waals surface area contributed by atoms with Gasteiger partial charge in [0.05, 0.1) is 11.1 Å². The molecule has 1 saturated heterocycles. The van der Waals surface area contributed by atoms with Gasteiger partial charge in [-0.05, 0) is 43.9 Å². The van der Waals surface area contributed by atoms with Crippen molar-refractivity contribution >= 4 is 27.5 Å². The predicted octanol–water partition coefficient (Wildman–Crippen LogP) is 1.69. The summed E-state index contributed by atoms with van der Waals surface area (Å²) in [6, 6.07) is 4.25. The summed E-state index contributed by atoms with van der Waals surface area (Å²) in [5, 5.41) is 2.88. The Labute approximate surface area is 140 Å². The van der Waals surface area contributed by atoms with Crippen molar-refractivity contribution in [3.63, 3.8) is 0 Å². The maximum atomic E-state index is 12.3. The molecule has 126 valence electrons. The molecule has 1 aliphatic heterocycles. The van der Waals surface area contributed by atoms with E-state index in [9.17, 15) is 13.2 Å². The molecule has 3 rings (SSSR count). The molecule has 1 heterocycles. The van der Waals surface area contributed by atoms with Crippen LogP contribution in [0.15, 0.2) is 23.1 Å². The van der Waals surface area contributed by atoms with Crippen LogP contribution in [-0.4, -0.2) is 39.6 Å². The largest absolute Gasteiger partial charge is 0.376 e. The van der Waals surface area contributed by atoms with Crippen molar-refractivity contribution in [2.45, 2.75) is 42.7 Å². The van der Waals surface area contributed by atoms with Crippen LogP contribution in [0, 0.1) is 0 Å². The van der Waals surface area contributed by atoms with Crippen molar-refractivity contribution in [2.24, 2.45) is 0 Å². The van der Waals surface area contributed by atoms with E-state index >= 15 is 0 Å². The normalized spacial score (nSPS) is 21.3. The second kappa shape index (κ2) is 6.76. The SMILES string of the molecule is O=C(NC[C@H]1CCCO1)c1ccc(Cl)c(S(=O)(=O)NC2CC2)c1. The van der Waals surface area contributed by atoms with Gasteiger partial charge in [-0.2, -0.15) is 0 Å². The Bertz CT molecular complexity index is 697. The first kappa shape index (κ1) is 16.7. The molecule has 1 saturated carbocycles. The number of halogens is 1. The summed E-state index contributed by atoms with van der Waals surface area (Å²) in [6.45, 7) is 1.14. The van der Waals surface area contributed by atoms with Crippen molar-refractivity contribution in [3.05, 3.63) is 28.8 Å². The number of benzene rings is 1. The fourth-order valence-corrected chi connectivity index (χ4v) is 4.28. The smallest absolute Gasteiger partial charge is 0.251 e. The van der Waals surface area contributed by atoms with Gasteiger partial charge in [-0.3, -0.25) is 4.79 Å². The van der Waals surface area contributed by atoms with Gasteiger partial charge in [0, 0.05) is 24.8 Å². The van der Waals surface area contributed by atoms with E-state index in [0.717, 1.165) is 32.3 Å². The number of carbonyl (C=O) groups excluding carboxylic acids is 1. The van der Waals surface area contributed by atoms with Gasteiger partial charge in [0.1, 0.15) is 4.90 Å². The molecule has 0 radical (unpaired) electrons. The summed E-state index contributed by atoms with van der Waals surface area (Å²) in [5.41, 5.74) is 0.267. The third-order valence-electron chi connectivity index (χ3n) is 3.90. The predicted molar refractivity (Wildman–Crippen MR) is 86.1 cm³/mol. The molecular weight excluding hydrogens is 340 g/mol. The molecule has 2 N–H and O–H groups in total. The van der Waals surface area contributed by atoms with Gasteiger partial charge in [-0.25, -0.2) is 13.1 Å². The summed E-state index contributed by atoms with van der Waals surface area (Å²) in [5.74, 6) is -0.333. The van der Waals surface area contributed by atoms with Crippen LogP contribution in [0.25, 0.3) is 0 Å². The standard InChI is InChI=1S/C15H19ClN2O4S/c16-13-6-3-10(15(19)17-9-12-2-1-7-22-12)8-14(13)23(20,21)18-11-4-5-11/h3,6,8,11-12,18H,1-2,4-5,7,9H2,(H,17,19)/t12-/m1/s1. The van der Waals surface area contributed by atoms with Crippen LogP contribution in [0.4, 0.5) is 0 Å². The number of carbonyl (C=O) groups is 1. The van der Waals surface area contributed by atoms with Crippen molar-refractivity contribution in [1.82, 2.24) is 10.0 Å². The fourth-order valence-electron chi connectivity index (χ4n) is 2.45. The lowest BCUT2D eigenvalue weighted by Gasteiger charge is -2.12. The van der Waals surface area contributed by atoms with Crippen LogP contribution in [0.3, 0.4) is 0 Å². The number of amides is 1. The Morgan fingerprint density at radius 3 is 2.74 bits per heavy atom. The highest BCUT2D eigenvalue weighted by molar-refractivity contribution is 7.89. The first-order chi connectivity index (χ1) is 11.0. The van der Waals surface area contributed by atoms with E-state index in [1.54, 1.807) is 0 Å². The maximum Gasteiger partial charge on any atom is 0.251 e. The quantitative estimate of drug-likeness (QED) is 0.810. The van der Waals surface area contributed by atoms with E-state index in [4.69, 9.17) is 16.3 Å². The van der Waals surface area contributed by atoms with Crippen molar-refractivity contribution in [2.75, 3.05) is 13.2 Å². The van der Waals surface area contributed by atoms with Crippen molar-refractivity contribution in [3.8, 4) is 0 Å². The van der Waals surface area contributed by atoms with Crippen molar-refractivity contribution < 1.29 is 17.9 Å². The van der Waals surface area contributed by atoms with Gasteiger partial charge >= 0.3 is 0 Å². The highest BCUT2D eigenvalue weighted by Crippen LogP contribution is 2.26. The Morgan fingerprint density at radius 2 is 2.09 bits per heavy atom. The summed E-state index contributed by atoms with van der Waals surface area (Å²) >= 11 is 6.00. The zero-order valence-corrected chi connectivity index (χ0v) is 14.1. The highest BCUT2D eigenvalue weighted by atomic mass is 35.5. The molecule has 8 heteroatoms. The summed E-state index contributed by atoms with van der Waals surface area (Å²) in [7, 11) is -3.70. The molecule has 23 heavy (non-hydrogen) atoms. The Morgan fingerprint density at radius 1 is 1.30 bits per heavy atom. The van der Waals surface area contributed by atoms with Gasteiger partial charge in [0.25, 0.3) is 5.91 Å². The number of hydrogen-bond acceptors (Lipinski definition) is 4. The third-order valence-corrected chi connectivity index (χ3v) is 5.90. The Balaban J connectivity index is 1.72. The molecule has 1 amide bonds. The van der Waals surface area contributed by atoms with Crippen LogP contribution in [0.2, 0.25) is 5.02 Å². The van der Waals surface area contributed by atoms with E-state index in [-0.39, 0.29) is 33.5 Å². The first-order valence-corrected chi connectivity index (χ1v) is 9.53. The van der Waals surface area contributed by atoms with Gasteiger partial charge in [-0.1, -0.05) is 11.6 Å². The van der Waals surface area contributed by atoms with E-state index in [1.807, 2.05) is 0 Å². The van der Waals surface area contributed by atoms with Crippen LogP contribution in [0.1, 0.15) is 36.0 Å². The zero-order valence-electron chi connectivity index (χ0n) is 12.5. The van der Waals surface area contributed by atoms with Gasteiger partial charge in [-0.15, -0.1) is 0 Å². The number of rotatable bonds is 6. The number of nitrogens with one attached hydrogen (secondary N) is 2. The van der Waals surface area contributed by atoms with E-state index in [2.05, 4.69) is 10.0 Å².